The summed E-state index contributed by atoms with van der Waals surface area (Å²) in [6.07, 6.45) is 13.7. The highest BCUT2D eigenvalue weighted by Gasteiger charge is 2.69. The molecule has 1 aromatic carbocycles. The summed E-state index contributed by atoms with van der Waals surface area (Å²) in [6, 6.07) is 6.60. The van der Waals surface area contributed by atoms with Gasteiger partial charge in [-0.25, -0.2) is 0 Å². The first kappa shape index (κ1) is 27.0. The number of rotatable bonds is 9. The zero-order valence-electron chi connectivity index (χ0n) is 23.8. The molecule has 6 heteroatoms. The quantitative estimate of drug-likeness (QED) is 0.295. The van der Waals surface area contributed by atoms with E-state index in [0.29, 0.717) is 29.6 Å². The molecule has 1 aliphatic heterocycles. The minimum atomic E-state index is -0.0726. The van der Waals surface area contributed by atoms with Gasteiger partial charge in [0.05, 0.1) is 5.57 Å². The number of hydrogen-bond donors (Lipinski definition) is 1. The lowest BCUT2D eigenvalue weighted by molar-refractivity contribution is -0.130. The lowest BCUT2D eigenvalue weighted by atomic mass is 9.46. The largest absolute Gasteiger partial charge is 0.508 e. The molecule has 5 rings (SSSR count). The molecule has 206 valence electrons. The number of carbonyl (C=O) groups excluding carboxylic acids is 2. The predicted octanol–water partition coefficient (Wildman–Crippen LogP) is 4.52. The van der Waals surface area contributed by atoms with Crippen molar-refractivity contribution in [1.29, 1.82) is 0 Å². The fourth-order valence-corrected chi connectivity index (χ4v) is 8.75. The smallest absolute Gasteiger partial charge is 0.255 e. The molecule has 5 unspecified atom stereocenters. The van der Waals surface area contributed by atoms with Gasteiger partial charge in [0, 0.05) is 51.4 Å². The van der Waals surface area contributed by atoms with E-state index in [4.69, 9.17) is 0 Å². The van der Waals surface area contributed by atoms with E-state index in [1.165, 1.54) is 36.6 Å². The van der Waals surface area contributed by atoms with E-state index in [-0.39, 0.29) is 22.8 Å². The van der Waals surface area contributed by atoms with Gasteiger partial charge in [-0.3, -0.25) is 14.5 Å². The van der Waals surface area contributed by atoms with E-state index in [2.05, 4.69) is 30.9 Å². The predicted molar refractivity (Wildman–Crippen MR) is 151 cm³/mol. The molecule has 3 fully saturated rings. The van der Waals surface area contributed by atoms with Crippen molar-refractivity contribution in [1.82, 2.24) is 14.7 Å². The second kappa shape index (κ2) is 10.2. The number of likely N-dealkylation sites (tertiary alicyclic amines) is 1. The normalized spacial score (nSPS) is 31.6. The van der Waals surface area contributed by atoms with Crippen LogP contribution >= 0.6 is 0 Å². The van der Waals surface area contributed by atoms with Gasteiger partial charge in [-0.05, 0) is 111 Å². The van der Waals surface area contributed by atoms with Crippen molar-refractivity contribution in [3.8, 4) is 5.75 Å². The number of nitrogens with zero attached hydrogens (tertiary/aromatic N) is 3. The minimum absolute atomic E-state index is 0.00931. The first-order valence-corrected chi connectivity index (χ1v) is 14.5. The molecular weight excluding hydrogens is 474 g/mol. The molecule has 6 nitrogen and oxygen atoms in total. The van der Waals surface area contributed by atoms with Gasteiger partial charge in [0.1, 0.15) is 12.0 Å². The van der Waals surface area contributed by atoms with Gasteiger partial charge in [-0.1, -0.05) is 13.0 Å². The van der Waals surface area contributed by atoms with Crippen LogP contribution in [0.3, 0.4) is 0 Å². The Bertz CT molecular complexity index is 1140. The highest BCUT2D eigenvalue weighted by atomic mass is 16.3. The average molecular weight is 520 g/mol. The lowest BCUT2D eigenvalue weighted by Gasteiger charge is -2.64. The first-order chi connectivity index (χ1) is 18.2. The molecule has 0 spiro atoms. The van der Waals surface area contributed by atoms with Crippen molar-refractivity contribution in [3.05, 3.63) is 53.3 Å². The second-order valence-electron chi connectivity index (χ2n) is 12.6. The molecule has 4 aliphatic rings. The number of fused-ring (bicyclic) bond motifs is 1. The van der Waals surface area contributed by atoms with Crippen LogP contribution in [0.4, 0.5) is 0 Å². The van der Waals surface area contributed by atoms with Crippen LogP contribution in [0, 0.1) is 17.3 Å². The number of likely N-dealkylation sites (N-methyl/N-ethyl adjacent to an activating group) is 1. The number of phenols is 1. The number of hydrogen-bond acceptors (Lipinski definition) is 5. The van der Waals surface area contributed by atoms with E-state index in [1.807, 2.05) is 37.0 Å². The Kier molecular flexibility index (Phi) is 7.23. The number of allylic oxidation sites excluding steroid dienone is 1. The topological polar surface area (TPSA) is 64.1 Å². The summed E-state index contributed by atoms with van der Waals surface area (Å²) < 4.78 is 0. The third kappa shape index (κ3) is 4.20. The van der Waals surface area contributed by atoms with E-state index in [9.17, 15) is 14.7 Å². The fourth-order valence-electron chi connectivity index (χ4n) is 8.75. The molecule has 1 amide bonds. The maximum atomic E-state index is 13.8. The molecule has 1 N–H and O–H groups in total. The van der Waals surface area contributed by atoms with Crippen LogP contribution in [0.1, 0.15) is 63.5 Å². The molecule has 2 bridgehead atoms. The summed E-state index contributed by atoms with van der Waals surface area (Å²) in [7, 11) is 5.69. The summed E-state index contributed by atoms with van der Waals surface area (Å²) in [5.74, 6) is 1.43. The average Bonchev–Trinajstić information content (AvgIpc) is 3.64. The summed E-state index contributed by atoms with van der Waals surface area (Å²) in [5, 5.41) is 10.7. The Morgan fingerprint density at radius 1 is 1.21 bits per heavy atom. The van der Waals surface area contributed by atoms with Gasteiger partial charge in [0.15, 0.2) is 0 Å². The van der Waals surface area contributed by atoms with E-state index in [1.54, 1.807) is 12.3 Å². The maximum Gasteiger partial charge on any atom is 0.255 e. The number of amides is 1. The maximum absolute atomic E-state index is 13.8. The molecule has 38 heavy (non-hydrogen) atoms. The standard InChI is InChI=1S/C32H45N3O3/c1-6-31-14-13-27(22(2)34(5)30(38)25(8-7-17-36)21-33(3)4)32(31)15-16-35(20-23-9-10-23)29(31)18-24-11-12-26(37)19-28(24)32/h7-8,11-12,17,19,21-23,27,29,37H,6,9-10,13-16,18,20H2,1-5H3/b8-7-,25-21+. The molecule has 3 aliphatic carbocycles. The van der Waals surface area contributed by atoms with Gasteiger partial charge >= 0.3 is 0 Å². The van der Waals surface area contributed by atoms with Crippen LogP contribution in [0.15, 0.2) is 42.1 Å². The van der Waals surface area contributed by atoms with Gasteiger partial charge in [-0.2, -0.15) is 0 Å². The molecular formula is C32H45N3O3. The molecule has 1 aromatic rings. The Morgan fingerprint density at radius 3 is 2.63 bits per heavy atom. The van der Waals surface area contributed by atoms with E-state index in [0.717, 1.165) is 44.6 Å². The Balaban J connectivity index is 1.56. The Labute approximate surface area is 228 Å². The van der Waals surface area contributed by atoms with Crippen molar-refractivity contribution in [2.45, 2.75) is 76.3 Å². The monoisotopic (exact) mass is 519 g/mol. The summed E-state index contributed by atoms with van der Waals surface area (Å²) >= 11 is 0. The van der Waals surface area contributed by atoms with Gasteiger partial charge in [0.25, 0.3) is 5.91 Å². The zero-order chi connectivity index (χ0) is 27.2. The van der Waals surface area contributed by atoms with Crippen molar-refractivity contribution >= 4 is 12.2 Å². The second-order valence-corrected chi connectivity index (χ2v) is 12.6. The number of benzene rings is 1. The third-order valence-corrected chi connectivity index (χ3v) is 10.6. The van der Waals surface area contributed by atoms with Crippen LogP contribution in [0.2, 0.25) is 0 Å². The third-order valence-electron chi connectivity index (χ3n) is 10.6. The van der Waals surface area contributed by atoms with Gasteiger partial charge in [0.2, 0.25) is 0 Å². The molecule has 0 radical (unpaired) electrons. The van der Waals surface area contributed by atoms with Crippen LogP contribution in [-0.4, -0.2) is 78.3 Å². The van der Waals surface area contributed by atoms with Crippen LogP contribution in [0.25, 0.3) is 0 Å². The van der Waals surface area contributed by atoms with Gasteiger partial charge in [-0.15, -0.1) is 0 Å². The molecule has 1 saturated heterocycles. The lowest BCUT2D eigenvalue weighted by Crippen LogP contribution is -2.67. The summed E-state index contributed by atoms with van der Waals surface area (Å²) in [5.41, 5.74) is 3.29. The van der Waals surface area contributed by atoms with E-state index < -0.39 is 0 Å². The van der Waals surface area contributed by atoms with Crippen molar-refractivity contribution in [3.63, 3.8) is 0 Å². The van der Waals surface area contributed by atoms with Crippen molar-refractivity contribution in [2.24, 2.45) is 17.3 Å². The number of piperidine rings is 1. The van der Waals surface area contributed by atoms with Crippen molar-refractivity contribution < 1.29 is 14.7 Å². The minimum Gasteiger partial charge on any atom is -0.508 e. The van der Waals surface area contributed by atoms with Crippen LogP contribution in [0.5, 0.6) is 5.75 Å². The summed E-state index contributed by atoms with van der Waals surface area (Å²) in [4.78, 5) is 31.4. The molecule has 1 heterocycles. The SMILES string of the molecule is CCC12CCC(C(C)N(C)C(=O)C(/C=C\C=O)=C/N(C)C)C13CCN(CC1CC1)C2Cc1ccc(O)cc13. The number of phenolic OH excluding ortho intramolecular Hbond substituents is 1. The summed E-state index contributed by atoms with van der Waals surface area (Å²) in [6.45, 7) is 6.89. The molecule has 5 atom stereocenters. The van der Waals surface area contributed by atoms with Gasteiger partial charge < -0.3 is 14.9 Å². The first-order valence-electron chi connectivity index (χ1n) is 14.5. The highest BCUT2D eigenvalue weighted by molar-refractivity contribution is 5.96. The molecule has 0 aromatic heterocycles. The Morgan fingerprint density at radius 2 is 1.97 bits per heavy atom. The van der Waals surface area contributed by atoms with Crippen molar-refractivity contribution in [2.75, 3.05) is 34.2 Å². The fraction of sp³-hybridized carbons (Fsp3) is 0.625. The van der Waals surface area contributed by atoms with E-state index >= 15 is 0 Å². The van der Waals surface area contributed by atoms with Crippen LogP contribution in [-0.2, 0) is 21.4 Å². The molecule has 2 saturated carbocycles. The van der Waals surface area contributed by atoms with Crippen LogP contribution < -0.4 is 0 Å². The zero-order valence-corrected chi connectivity index (χ0v) is 23.8. The number of aldehydes is 1. The Hall–Kier alpha value is -2.60. The highest BCUT2D eigenvalue weighted by Crippen LogP contribution is 2.69. The number of aromatic hydroxyl groups is 1. The number of carbonyl (C=O) groups is 2.